The fraction of sp³-hybridized carbons (Fsp3) is 0.364. The summed E-state index contributed by atoms with van der Waals surface area (Å²) in [5.41, 5.74) is -0.0697. The summed E-state index contributed by atoms with van der Waals surface area (Å²) in [7, 11) is -3.30. The number of sulfonamides is 1. The first kappa shape index (κ1) is 15.4. The van der Waals surface area contributed by atoms with E-state index < -0.39 is 27.5 Å². The average Bonchev–Trinajstić information content (AvgIpc) is 2.34. The fourth-order valence-corrected chi connectivity index (χ4v) is 1.89. The van der Waals surface area contributed by atoms with Crippen LogP contribution in [0.5, 0.6) is 5.75 Å². The van der Waals surface area contributed by atoms with Gasteiger partial charge in [-0.25, -0.2) is 17.5 Å². The molecule has 19 heavy (non-hydrogen) atoms. The number of hydrogen-bond donors (Lipinski definition) is 3. The average molecular weight is 290 g/mol. The Hall–Kier alpha value is -1.67. The van der Waals surface area contributed by atoms with Gasteiger partial charge in [0.25, 0.3) is 5.91 Å². The van der Waals surface area contributed by atoms with Gasteiger partial charge in [-0.05, 0) is 19.1 Å². The van der Waals surface area contributed by atoms with E-state index in [9.17, 15) is 22.7 Å². The molecule has 0 heterocycles. The number of hydrogen-bond acceptors (Lipinski definition) is 4. The molecule has 0 unspecified atom stereocenters. The van der Waals surface area contributed by atoms with Gasteiger partial charge >= 0.3 is 0 Å². The lowest BCUT2D eigenvalue weighted by Crippen LogP contribution is -2.35. The Balaban J connectivity index is 2.48. The predicted octanol–water partition coefficient (Wildman–Crippen LogP) is 0.200. The second-order valence-corrected chi connectivity index (χ2v) is 5.81. The highest BCUT2D eigenvalue weighted by molar-refractivity contribution is 7.89. The molecule has 0 aliphatic rings. The largest absolute Gasteiger partial charge is 0.507 e. The van der Waals surface area contributed by atoms with Crippen molar-refractivity contribution in [1.82, 2.24) is 10.0 Å². The summed E-state index contributed by atoms with van der Waals surface area (Å²) in [5.74, 6) is -1.76. The summed E-state index contributed by atoms with van der Waals surface area (Å²) >= 11 is 0. The van der Waals surface area contributed by atoms with Crippen LogP contribution in [-0.2, 0) is 10.0 Å². The SMILES string of the molecule is CCS(=O)(=O)NCCNC(=O)c1ccc(F)cc1O. The van der Waals surface area contributed by atoms with E-state index in [-0.39, 0.29) is 24.4 Å². The molecule has 0 spiro atoms. The number of phenols is 1. The molecule has 0 radical (unpaired) electrons. The molecule has 1 rings (SSSR count). The first-order valence-corrected chi connectivity index (χ1v) is 7.25. The van der Waals surface area contributed by atoms with Crippen LogP contribution in [0.4, 0.5) is 4.39 Å². The van der Waals surface area contributed by atoms with E-state index >= 15 is 0 Å². The topological polar surface area (TPSA) is 95.5 Å². The van der Waals surface area contributed by atoms with Crippen molar-refractivity contribution in [2.75, 3.05) is 18.8 Å². The summed E-state index contributed by atoms with van der Waals surface area (Å²) in [6, 6.07) is 3.03. The third kappa shape index (κ3) is 4.84. The highest BCUT2D eigenvalue weighted by atomic mass is 32.2. The highest BCUT2D eigenvalue weighted by Gasteiger charge is 2.11. The van der Waals surface area contributed by atoms with E-state index in [1.54, 1.807) is 0 Å². The second kappa shape index (κ2) is 6.48. The number of amides is 1. The minimum atomic E-state index is -3.30. The molecule has 1 amide bonds. The molecular formula is C11H15FN2O4S. The van der Waals surface area contributed by atoms with Gasteiger partial charge in [-0.15, -0.1) is 0 Å². The van der Waals surface area contributed by atoms with Gasteiger partial charge < -0.3 is 10.4 Å². The lowest BCUT2D eigenvalue weighted by Gasteiger charge is -2.07. The summed E-state index contributed by atoms with van der Waals surface area (Å²) in [6.45, 7) is 1.61. The summed E-state index contributed by atoms with van der Waals surface area (Å²) in [4.78, 5) is 11.6. The number of halogens is 1. The van der Waals surface area contributed by atoms with Gasteiger partial charge in [-0.1, -0.05) is 0 Å². The van der Waals surface area contributed by atoms with Gasteiger partial charge in [0.1, 0.15) is 11.6 Å². The summed E-state index contributed by atoms with van der Waals surface area (Å²) in [6.07, 6.45) is 0. The van der Waals surface area contributed by atoms with Gasteiger partial charge in [-0.2, -0.15) is 0 Å². The molecule has 3 N–H and O–H groups in total. The van der Waals surface area contributed by atoms with Crippen molar-refractivity contribution in [3.63, 3.8) is 0 Å². The van der Waals surface area contributed by atoms with E-state index in [4.69, 9.17) is 0 Å². The van der Waals surface area contributed by atoms with Crippen molar-refractivity contribution in [3.05, 3.63) is 29.6 Å². The van der Waals surface area contributed by atoms with Gasteiger partial charge in [0.05, 0.1) is 11.3 Å². The highest BCUT2D eigenvalue weighted by Crippen LogP contribution is 2.17. The Labute approximate surface area is 110 Å². The number of aromatic hydroxyl groups is 1. The standard InChI is InChI=1S/C11H15FN2O4S/c1-2-19(17,18)14-6-5-13-11(16)9-4-3-8(12)7-10(9)15/h3-4,7,14-15H,2,5-6H2,1H3,(H,13,16). The molecule has 0 saturated carbocycles. The van der Waals surface area contributed by atoms with Crippen LogP contribution < -0.4 is 10.0 Å². The quantitative estimate of drug-likeness (QED) is 0.652. The molecule has 0 atom stereocenters. The number of rotatable bonds is 6. The third-order valence-corrected chi connectivity index (χ3v) is 3.72. The van der Waals surface area contributed by atoms with Crippen molar-refractivity contribution in [2.45, 2.75) is 6.92 Å². The van der Waals surface area contributed by atoms with Crippen molar-refractivity contribution in [3.8, 4) is 5.75 Å². The third-order valence-electron chi connectivity index (χ3n) is 2.32. The number of carbonyl (C=O) groups is 1. The number of phenolic OH excluding ortho intramolecular Hbond substituents is 1. The molecule has 0 bridgehead atoms. The monoisotopic (exact) mass is 290 g/mol. The van der Waals surface area contributed by atoms with E-state index in [0.29, 0.717) is 0 Å². The van der Waals surface area contributed by atoms with Crippen LogP contribution >= 0.6 is 0 Å². The maximum atomic E-state index is 12.7. The number of nitrogens with one attached hydrogen (secondary N) is 2. The molecule has 6 nitrogen and oxygen atoms in total. The predicted molar refractivity (Wildman–Crippen MR) is 67.9 cm³/mol. The summed E-state index contributed by atoms with van der Waals surface area (Å²) in [5, 5.41) is 11.8. The van der Waals surface area contributed by atoms with E-state index in [1.807, 2.05) is 0 Å². The Morgan fingerprint density at radius 3 is 2.63 bits per heavy atom. The molecule has 1 aromatic carbocycles. The van der Waals surface area contributed by atoms with E-state index in [0.717, 1.165) is 18.2 Å². The van der Waals surface area contributed by atoms with Crippen LogP contribution in [-0.4, -0.2) is 38.3 Å². The van der Waals surface area contributed by atoms with Gasteiger partial charge in [0, 0.05) is 19.2 Å². The summed E-state index contributed by atoms with van der Waals surface area (Å²) < 4.78 is 37.2. The van der Waals surface area contributed by atoms with Crippen molar-refractivity contribution >= 4 is 15.9 Å². The molecule has 106 valence electrons. The smallest absolute Gasteiger partial charge is 0.255 e. The molecule has 0 fully saturated rings. The Bertz CT molecular complexity index is 560. The van der Waals surface area contributed by atoms with Gasteiger partial charge in [0.15, 0.2) is 0 Å². The molecule has 1 aromatic rings. The zero-order chi connectivity index (χ0) is 14.5. The van der Waals surface area contributed by atoms with Crippen LogP contribution in [0.1, 0.15) is 17.3 Å². The minimum Gasteiger partial charge on any atom is -0.507 e. The van der Waals surface area contributed by atoms with E-state index in [1.165, 1.54) is 6.92 Å². The fourth-order valence-electron chi connectivity index (χ4n) is 1.28. The maximum Gasteiger partial charge on any atom is 0.255 e. The first-order valence-electron chi connectivity index (χ1n) is 5.60. The molecule has 0 aliphatic heterocycles. The van der Waals surface area contributed by atoms with Crippen molar-refractivity contribution in [2.24, 2.45) is 0 Å². The van der Waals surface area contributed by atoms with Gasteiger partial charge in [-0.3, -0.25) is 4.79 Å². The van der Waals surface area contributed by atoms with Crippen LogP contribution in [0, 0.1) is 5.82 Å². The van der Waals surface area contributed by atoms with Crippen LogP contribution in [0.25, 0.3) is 0 Å². The van der Waals surface area contributed by atoms with Crippen LogP contribution in [0.3, 0.4) is 0 Å². The van der Waals surface area contributed by atoms with Crippen LogP contribution in [0.2, 0.25) is 0 Å². The second-order valence-electron chi connectivity index (χ2n) is 3.72. The van der Waals surface area contributed by atoms with Crippen molar-refractivity contribution in [1.29, 1.82) is 0 Å². The lowest BCUT2D eigenvalue weighted by molar-refractivity contribution is 0.0951. The minimum absolute atomic E-state index is 0.0420. The first-order chi connectivity index (χ1) is 8.85. The maximum absolute atomic E-state index is 12.7. The molecule has 0 saturated heterocycles. The Morgan fingerprint density at radius 2 is 2.05 bits per heavy atom. The van der Waals surface area contributed by atoms with Gasteiger partial charge in [0.2, 0.25) is 10.0 Å². The van der Waals surface area contributed by atoms with E-state index in [2.05, 4.69) is 10.0 Å². The molecule has 8 heteroatoms. The molecular weight excluding hydrogens is 275 g/mol. The number of carbonyl (C=O) groups excluding carboxylic acids is 1. The molecule has 0 aliphatic carbocycles. The van der Waals surface area contributed by atoms with Crippen LogP contribution in [0.15, 0.2) is 18.2 Å². The lowest BCUT2D eigenvalue weighted by atomic mass is 10.2. The zero-order valence-corrected chi connectivity index (χ0v) is 11.1. The Morgan fingerprint density at radius 1 is 1.37 bits per heavy atom. The molecule has 0 aromatic heterocycles. The Kier molecular flexibility index (Phi) is 5.25. The zero-order valence-electron chi connectivity index (χ0n) is 10.3. The number of benzene rings is 1. The normalized spacial score (nSPS) is 11.3. The van der Waals surface area contributed by atoms with Crippen molar-refractivity contribution < 1.29 is 22.7 Å².